The Kier molecular flexibility index (Phi) is 8.48. The average molecular weight is 382 g/mol. The Morgan fingerprint density at radius 2 is 2.00 bits per heavy atom. The topological polar surface area (TPSA) is 41.6 Å². The molecule has 2 rings (SSSR count). The highest BCUT2D eigenvalue weighted by Gasteiger charge is 2.26. The molecular weight excluding hydrogens is 359 g/mol. The number of benzene rings is 1. The third-order valence-corrected chi connectivity index (χ3v) is 4.71. The Labute approximate surface area is 153 Å². The molecule has 1 unspecified atom stereocenters. The molecule has 0 radical (unpaired) electrons. The fourth-order valence-electron chi connectivity index (χ4n) is 2.71. The standard InChI is InChI=1S/C16H22Cl2N2O2.ClH/c1-11(22-13-3-4-14(17)15(18)9-13)16(21)20-7-5-12(6-8-20)10-19-2;/h3-4,9,11-12,19H,5-8,10H2,1-2H3;1H. The number of ether oxygens (including phenoxy) is 1. The molecular formula is C16H23Cl3N2O2. The molecule has 1 amide bonds. The summed E-state index contributed by atoms with van der Waals surface area (Å²) in [5.74, 6) is 1.23. The predicted octanol–water partition coefficient (Wildman–Crippen LogP) is 3.64. The summed E-state index contributed by atoms with van der Waals surface area (Å²) >= 11 is 11.8. The highest BCUT2D eigenvalue weighted by atomic mass is 35.5. The molecule has 0 aromatic heterocycles. The molecule has 0 aliphatic carbocycles. The van der Waals surface area contributed by atoms with Gasteiger partial charge in [-0.25, -0.2) is 0 Å². The number of likely N-dealkylation sites (tertiary alicyclic amines) is 1. The van der Waals surface area contributed by atoms with E-state index in [0.717, 1.165) is 32.5 Å². The van der Waals surface area contributed by atoms with Gasteiger partial charge in [0.25, 0.3) is 5.91 Å². The van der Waals surface area contributed by atoms with Crippen molar-refractivity contribution >= 4 is 41.5 Å². The summed E-state index contributed by atoms with van der Waals surface area (Å²) in [4.78, 5) is 14.3. The summed E-state index contributed by atoms with van der Waals surface area (Å²) < 4.78 is 5.69. The molecule has 0 bridgehead atoms. The van der Waals surface area contributed by atoms with E-state index in [1.807, 2.05) is 11.9 Å². The average Bonchev–Trinajstić information content (AvgIpc) is 2.51. The highest BCUT2D eigenvalue weighted by Crippen LogP contribution is 2.27. The molecule has 1 aliphatic rings. The Balaban J connectivity index is 0.00000264. The van der Waals surface area contributed by atoms with E-state index in [9.17, 15) is 4.79 Å². The van der Waals surface area contributed by atoms with E-state index < -0.39 is 6.10 Å². The van der Waals surface area contributed by atoms with Gasteiger partial charge in [0.15, 0.2) is 6.10 Å². The van der Waals surface area contributed by atoms with Crippen LogP contribution in [-0.2, 0) is 4.79 Å². The first-order chi connectivity index (χ1) is 10.5. The molecule has 1 saturated heterocycles. The van der Waals surface area contributed by atoms with Crippen LogP contribution in [0.4, 0.5) is 0 Å². The van der Waals surface area contributed by atoms with E-state index in [0.29, 0.717) is 21.7 Å². The van der Waals surface area contributed by atoms with E-state index >= 15 is 0 Å². The second-order valence-electron chi connectivity index (χ2n) is 5.66. The van der Waals surface area contributed by atoms with Gasteiger partial charge in [0.2, 0.25) is 0 Å². The van der Waals surface area contributed by atoms with Gasteiger partial charge in [-0.05, 0) is 51.4 Å². The first kappa shape index (κ1) is 20.4. The highest BCUT2D eigenvalue weighted by molar-refractivity contribution is 6.42. The molecule has 1 heterocycles. The molecule has 1 aromatic carbocycles. The van der Waals surface area contributed by atoms with Gasteiger partial charge in [0.05, 0.1) is 10.0 Å². The van der Waals surface area contributed by atoms with Crippen LogP contribution in [0.3, 0.4) is 0 Å². The van der Waals surface area contributed by atoms with Crippen molar-refractivity contribution in [1.29, 1.82) is 0 Å². The maximum Gasteiger partial charge on any atom is 0.263 e. The lowest BCUT2D eigenvalue weighted by Crippen LogP contribution is -2.45. The number of amides is 1. The number of hydrogen-bond acceptors (Lipinski definition) is 3. The Morgan fingerprint density at radius 1 is 1.35 bits per heavy atom. The molecule has 1 aliphatic heterocycles. The van der Waals surface area contributed by atoms with Crippen LogP contribution in [0.1, 0.15) is 19.8 Å². The molecule has 0 spiro atoms. The van der Waals surface area contributed by atoms with Crippen molar-refractivity contribution in [1.82, 2.24) is 10.2 Å². The van der Waals surface area contributed by atoms with E-state index in [2.05, 4.69) is 5.32 Å². The van der Waals surface area contributed by atoms with Crippen LogP contribution in [0.25, 0.3) is 0 Å². The molecule has 1 N–H and O–H groups in total. The maximum absolute atomic E-state index is 12.4. The van der Waals surface area contributed by atoms with E-state index in [4.69, 9.17) is 27.9 Å². The molecule has 0 saturated carbocycles. The number of halogens is 3. The number of nitrogens with one attached hydrogen (secondary N) is 1. The first-order valence-corrected chi connectivity index (χ1v) is 8.32. The van der Waals surface area contributed by atoms with Crippen molar-refractivity contribution in [2.24, 2.45) is 5.92 Å². The molecule has 1 atom stereocenters. The quantitative estimate of drug-likeness (QED) is 0.846. The smallest absolute Gasteiger partial charge is 0.263 e. The largest absolute Gasteiger partial charge is 0.481 e. The van der Waals surface area contributed by atoms with Crippen molar-refractivity contribution in [3.05, 3.63) is 28.2 Å². The van der Waals surface area contributed by atoms with E-state index in [1.165, 1.54) is 0 Å². The van der Waals surface area contributed by atoms with Crippen LogP contribution in [-0.4, -0.2) is 43.6 Å². The van der Waals surface area contributed by atoms with Gasteiger partial charge in [-0.3, -0.25) is 4.79 Å². The van der Waals surface area contributed by atoms with Crippen molar-refractivity contribution in [2.45, 2.75) is 25.9 Å². The van der Waals surface area contributed by atoms with Crippen LogP contribution < -0.4 is 10.1 Å². The Hall–Kier alpha value is -0.680. The lowest BCUT2D eigenvalue weighted by atomic mass is 9.96. The number of piperidine rings is 1. The second kappa shape index (κ2) is 9.58. The molecule has 1 fully saturated rings. The SMILES string of the molecule is CNCC1CCN(C(=O)C(C)Oc2ccc(Cl)c(Cl)c2)CC1.Cl. The molecule has 130 valence electrons. The molecule has 7 heteroatoms. The predicted molar refractivity (Wildman–Crippen MR) is 97.0 cm³/mol. The minimum absolute atomic E-state index is 0. The van der Waals surface area contributed by atoms with E-state index in [-0.39, 0.29) is 18.3 Å². The van der Waals surface area contributed by atoms with Gasteiger partial charge in [0, 0.05) is 19.2 Å². The van der Waals surface area contributed by atoms with Gasteiger partial charge in [0.1, 0.15) is 5.75 Å². The van der Waals surface area contributed by atoms with Crippen LogP contribution in [0, 0.1) is 5.92 Å². The third-order valence-electron chi connectivity index (χ3n) is 3.97. The normalized spacial score (nSPS) is 16.6. The number of carbonyl (C=O) groups excluding carboxylic acids is 1. The van der Waals surface area contributed by atoms with Gasteiger partial charge in [-0.1, -0.05) is 23.2 Å². The number of carbonyl (C=O) groups is 1. The summed E-state index contributed by atoms with van der Waals surface area (Å²) in [6, 6.07) is 5.02. The minimum Gasteiger partial charge on any atom is -0.481 e. The lowest BCUT2D eigenvalue weighted by molar-refractivity contribution is -0.139. The van der Waals surface area contributed by atoms with Gasteiger partial charge >= 0.3 is 0 Å². The summed E-state index contributed by atoms with van der Waals surface area (Å²) in [7, 11) is 1.96. The number of hydrogen-bond donors (Lipinski definition) is 1. The fraction of sp³-hybridized carbons (Fsp3) is 0.562. The molecule has 23 heavy (non-hydrogen) atoms. The Bertz CT molecular complexity index is 520. The summed E-state index contributed by atoms with van der Waals surface area (Å²) in [6.45, 7) is 4.36. The number of rotatable bonds is 5. The zero-order valence-corrected chi connectivity index (χ0v) is 15.7. The van der Waals surface area contributed by atoms with Crippen LogP contribution in [0.15, 0.2) is 18.2 Å². The second-order valence-corrected chi connectivity index (χ2v) is 6.48. The molecule has 1 aromatic rings. The van der Waals surface area contributed by atoms with E-state index in [1.54, 1.807) is 25.1 Å². The Morgan fingerprint density at radius 3 is 2.57 bits per heavy atom. The summed E-state index contributed by atoms with van der Waals surface area (Å²) in [5.41, 5.74) is 0. The minimum atomic E-state index is -0.530. The first-order valence-electron chi connectivity index (χ1n) is 7.56. The van der Waals surface area contributed by atoms with Gasteiger partial charge in [-0.2, -0.15) is 0 Å². The lowest BCUT2D eigenvalue weighted by Gasteiger charge is -2.33. The zero-order valence-electron chi connectivity index (χ0n) is 13.4. The van der Waals surface area contributed by atoms with Crippen LogP contribution in [0.5, 0.6) is 5.75 Å². The summed E-state index contributed by atoms with van der Waals surface area (Å²) in [5, 5.41) is 4.09. The maximum atomic E-state index is 12.4. The number of nitrogens with zero attached hydrogens (tertiary/aromatic N) is 1. The fourth-order valence-corrected chi connectivity index (χ4v) is 3.00. The van der Waals surface area contributed by atoms with Crippen molar-refractivity contribution in [3.63, 3.8) is 0 Å². The third kappa shape index (κ3) is 5.71. The molecule has 4 nitrogen and oxygen atoms in total. The van der Waals surface area contributed by atoms with Gasteiger partial charge in [-0.15, -0.1) is 12.4 Å². The van der Waals surface area contributed by atoms with Crippen molar-refractivity contribution in [2.75, 3.05) is 26.7 Å². The van der Waals surface area contributed by atoms with Crippen LogP contribution >= 0.6 is 35.6 Å². The zero-order chi connectivity index (χ0) is 16.1. The monoisotopic (exact) mass is 380 g/mol. The van der Waals surface area contributed by atoms with Crippen molar-refractivity contribution < 1.29 is 9.53 Å². The van der Waals surface area contributed by atoms with Gasteiger partial charge < -0.3 is 15.0 Å². The van der Waals surface area contributed by atoms with Crippen molar-refractivity contribution in [3.8, 4) is 5.75 Å². The summed E-state index contributed by atoms with van der Waals surface area (Å²) in [6.07, 6.45) is 1.54. The van der Waals surface area contributed by atoms with Crippen LogP contribution in [0.2, 0.25) is 10.0 Å².